The van der Waals surface area contributed by atoms with Crippen molar-refractivity contribution in [3.63, 3.8) is 0 Å². The van der Waals surface area contributed by atoms with E-state index in [1.807, 2.05) is 37.3 Å². The Kier molecular flexibility index (Phi) is 3.95. The number of rotatable bonds is 3. The molecule has 0 spiro atoms. The molecule has 0 radical (unpaired) electrons. The Morgan fingerprint density at radius 1 is 1.21 bits per heavy atom. The fourth-order valence-electron chi connectivity index (χ4n) is 1.74. The fraction of sp³-hybridized carbons (Fsp3) is 0.250. The van der Waals surface area contributed by atoms with Gasteiger partial charge in [-0.15, -0.1) is 0 Å². The van der Waals surface area contributed by atoms with Crippen LogP contribution in [0.25, 0.3) is 0 Å². The van der Waals surface area contributed by atoms with Crippen LogP contribution in [0.5, 0.6) is 0 Å². The SMILES string of the molecule is C/C=C/C=C1\N=C(c2ccc(C(C)C)cc2)OC1=O. The maximum absolute atomic E-state index is 11.6. The molecule has 0 amide bonds. The molecule has 0 aliphatic carbocycles. The van der Waals surface area contributed by atoms with E-state index >= 15 is 0 Å². The quantitative estimate of drug-likeness (QED) is 0.611. The van der Waals surface area contributed by atoms with Crippen LogP contribution in [0.15, 0.2) is 53.2 Å². The van der Waals surface area contributed by atoms with Crippen LogP contribution >= 0.6 is 0 Å². The molecule has 0 N–H and O–H groups in total. The molecular formula is C16H17NO2. The zero-order valence-electron chi connectivity index (χ0n) is 11.4. The number of cyclic esters (lactones) is 1. The lowest BCUT2D eigenvalue weighted by Gasteiger charge is -2.05. The molecule has 0 bridgehead atoms. The number of hydrogen-bond acceptors (Lipinski definition) is 3. The van der Waals surface area contributed by atoms with Crippen molar-refractivity contribution in [3.8, 4) is 0 Å². The minimum Gasteiger partial charge on any atom is -0.402 e. The Morgan fingerprint density at radius 2 is 1.89 bits per heavy atom. The molecule has 2 rings (SSSR count). The Balaban J connectivity index is 2.26. The highest BCUT2D eigenvalue weighted by Crippen LogP contribution is 2.19. The first-order valence-electron chi connectivity index (χ1n) is 6.36. The van der Waals surface area contributed by atoms with Crippen LogP contribution in [0.2, 0.25) is 0 Å². The Bertz CT molecular complexity index is 563. The summed E-state index contributed by atoms with van der Waals surface area (Å²) in [5.74, 6) is 0.448. The fourth-order valence-corrected chi connectivity index (χ4v) is 1.74. The van der Waals surface area contributed by atoms with Crippen molar-refractivity contribution < 1.29 is 9.53 Å². The van der Waals surface area contributed by atoms with Crippen LogP contribution < -0.4 is 0 Å². The highest BCUT2D eigenvalue weighted by atomic mass is 16.6. The monoisotopic (exact) mass is 255 g/mol. The minimum atomic E-state index is -0.402. The van der Waals surface area contributed by atoms with Gasteiger partial charge in [0.05, 0.1) is 0 Å². The van der Waals surface area contributed by atoms with E-state index in [9.17, 15) is 4.79 Å². The Labute approximate surface area is 113 Å². The first-order valence-corrected chi connectivity index (χ1v) is 6.36. The first kappa shape index (κ1) is 13.3. The highest BCUT2D eigenvalue weighted by Gasteiger charge is 2.23. The summed E-state index contributed by atoms with van der Waals surface area (Å²) < 4.78 is 5.17. The van der Waals surface area contributed by atoms with Gasteiger partial charge in [0, 0.05) is 5.56 Å². The minimum absolute atomic E-state index is 0.334. The molecule has 0 atom stereocenters. The number of hydrogen-bond donors (Lipinski definition) is 0. The molecule has 19 heavy (non-hydrogen) atoms. The predicted octanol–water partition coefficient (Wildman–Crippen LogP) is 3.57. The van der Waals surface area contributed by atoms with Gasteiger partial charge in [0.25, 0.3) is 0 Å². The number of aliphatic imine (C=N–C) groups is 1. The summed E-state index contributed by atoms with van der Waals surface area (Å²) in [6.07, 6.45) is 5.26. The second kappa shape index (κ2) is 5.65. The smallest absolute Gasteiger partial charge is 0.363 e. The molecule has 0 saturated carbocycles. The molecule has 98 valence electrons. The van der Waals surface area contributed by atoms with Crippen LogP contribution in [-0.2, 0) is 9.53 Å². The number of nitrogens with zero attached hydrogens (tertiary/aromatic N) is 1. The normalized spacial score (nSPS) is 17.4. The summed E-state index contributed by atoms with van der Waals surface area (Å²) in [4.78, 5) is 15.8. The largest absolute Gasteiger partial charge is 0.402 e. The Hall–Kier alpha value is -2.16. The van der Waals surface area contributed by atoms with Gasteiger partial charge in [-0.1, -0.05) is 38.1 Å². The van der Waals surface area contributed by atoms with E-state index < -0.39 is 5.97 Å². The molecule has 3 nitrogen and oxygen atoms in total. The van der Waals surface area contributed by atoms with Crippen LogP contribution in [0.3, 0.4) is 0 Å². The van der Waals surface area contributed by atoms with Crippen molar-refractivity contribution in [2.75, 3.05) is 0 Å². The Morgan fingerprint density at radius 3 is 2.47 bits per heavy atom. The van der Waals surface area contributed by atoms with Crippen LogP contribution in [-0.4, -0.2) is 11.9 Å². The number of esters is 1. The van der Waals surface area contributed by atoms with Crippen LogP contribution in [0, 0.1) is 0 Å². The van der Waals surface area contributed by atoms with Gasteiger partial charge in [-0.05, 0) is 36.6 Å². The average Bonchev–Trinajstić information content (AvgIpc) is 2.78. The summed E-state index contributed by atoms with van der Waals surface area (Å²) in [6, 6.07) is 7.92. The van der Waals surface area contributed by atoms with Gasteiger partial charge in [0.15, 0.2) is 5.70 Å². The summed E-state index contributed by atoms with van der Waals surface area (Å²) in [5.41, 5.74) is 2.40. The van der Waals surface area contributed by atoms with E-state index in [4.69, 9.17) is 4.74 Å². The van der Waals surface area contributed by atoms with Crippen molar-refractivity contribution in [3.05, 3.63) is 59.3 Å². The summed E-state index contributed by atoms with van der Waals surface area (Å²) in [5, 5.41) is 0. The van der Waals surface area contributed by atoms with E-state index in [1.54, 1.807) is 12.2 Å². The molecule has 1 heterocycles. The average molecular weight is 255 g/mol. The first-order chi connectivity index (χ1) is 9.11. The van der Waals surface area contributed by atoms with Crippen molar-refractivity contribution >= 4 is 11.9 Å². The lowest BCUT2D eigenvalue weighted by Crippen LogP contribution is -2.05. The van der Waals surface area contributed by atoms with Crippen LogP contribution in [0.4, 0.5) is 0 Å². The van der Waals surface area contributed by atoms with Gasteiger partial charge in [0.1, 0.15) is 0 Å². The molecule has 3 heteroatoms. The van der Waals surface area contributed by atoms with Gasteiger partial charge >= 0.3 is 5.97 Å². The van der Waals surface area contributed by atoms with Gasteiger partial charge < -0.3 is 4.74 Å². The lowest BCUT2D eigenvalue weighted by molar-refractivity contribution is -0.130. The van der Waals surface area contributed by atoms with E-state index in [0.29, 0.717) is 17.5 Å². The van der Waals surface area contributed by atoms with E-state index in [2.05, 4.69) is 18.8 Å². The lowest BCUT2D eigenvalue weighted by atomic mass is 10.0. The zero-order chi connectivity index (χ0) is 13.8. The molecule has 0 saturated heterocycles. The molecule has 1 aliphatic heterocycles. The van der Waals surface area contributed by atoms with Crippen molar-refractivity contribution in [1.82, 2.24) is 0 Å². The topological polar surface area (TPSA) is 38.7 Å². The molecule has 0 fully saturated rings. The van der Waals surface area contributed by atoms with E-state index in [0.717, 1.165) is 5.56 Å². The molecule has 1 aromatic rings. The van der Waals surface area contributed by atoms with Crippen molar-refractivity contribution in [1.29, 1.82) is 0 Å². The van der Waals surface area contributed by atoms with Gasteiger partial charge in [-0.25, -0.2) is 9.79 Å². The molecule has 0 aromatic heterocycles. The molecule has 1 aliphatic rings. The number of carbonyl (C=O) groups is 1. The second-order valence-corrected chi connectivity index (χ2v) is 4.66. The standard InChI is InChI=1S/C16H17NO2/c1-4-5-6-14-16(18)19-15(17-14)13-9-7-12(8-10-13)11(2)3/h4-11H,1-3H3/b5-4+,14-6-. The van der Waals surface area contributed by atoms with E-state index in [1.165, 1.54) is 5.56 Å². The molecule has 1 aromatic carbocycles. The third kappa shape index (κ3) is 2.99. The number of allylic oxidation sites excluding steroid dienone is 3. The number of carbonyl (C=O) groups excluding carboxylic acids is 1. The third-order valence-corrected chi connectivity index (χ3v) is 2.89. The number of ether oxygens (including phenoxy) is 1. The molecular weight excluding hydrogens is 238 g/mol. The van der Waals surface area contributed by atoms with Gasteiger partial charge in [0.2, 0.25) is 5.90 Å². The van der Waals surface area contributed by atoms with Crippen LogP contribution in [0.1, 0.15) is 37.8 Å². The van der Waals surface area contributed by atoms with E-state index in [-0.39, 0.29) is 0 Å². The van der Waals surface area contributed by atoms with Gasteiger partial charge in [-0.2, -0.15) is 0 Å². The summed E-state index contributed by atoms with van der Waals surface area (Å²) in [7, 11) is 0. The number of benzene rings is 1. The second-order valence-electron chi connectivity index (χ2n) is 4.66. The van der Waals surface area contributed by atoms with Crippen molar-refractivity contribution in [2.24, 2.45) is 4.99 Å². The zero-order valence-corrected chi connectivity index (χ0v) is 11.4. The molecule has 0 unspecified atom stereocenters. The third-order valence-electron chi connectivity index (χ3n) is 2.89. The summed E-state index contributed by atoms with van der Waals surface area (Å²) >= 11 is 0. The summed E-state index contributed by atoms with van der Waals surface area (Å²) in [6.45, 7) is 6.16. The van der Waals surface area contributed by atoms with Gasteiger partial charge in [-0.3, -0.25) is 0 Å². The maximum atomic E-state index is 11.6. The van der Waals surface area contributed by atoms with Crippen molar-refractivity contribution in [2.45, 2.75) is 26.7 Å². The predicted molar refractivity (Wildman–Crippen MR) is 76.1 cm³/mol. The highest BCUT2D eigenvalue weighted by molar-refractivity contribution is 6.11. The maximum Gasteiger partial charge on any atom is 0.363 e.